The van der Waals surface area contributed by atoms with Gasteiger partial charge in [-0.25, -0.2) is 9.78 Å². The van der Waals surface area contributed by atoms with Gasteiger partial charge < -0.3 is 19.9 Å². The zero-order chi connectivity index (χ0) is 22.7. The van der Waals surface area contributed by atoms with E-state index in [2.05, 4.69) is 46.2 Å². The van der Waals surface area contributed by atoms with Gasteiger partial charge in [-0.15, -0.1) is 0 Å². The molecule has 1 unspecified atom stereocenters. The van der Waals surface area contributed by atoms with Gasteiger partial charge in [0.05, 0.1) is 24.4 Å². The third kappa shape index (κ3) is 4.65. The van der Waals surface area contributed by atoms with Gasteiger partial charge >= 0.3 is 5.97 Å². The fourth-order valence-electron chi connectivity index (χ4n) is 4.00. The van der Waals surface area contributed by atoms with Crippen molar-refractivity contribution in [3.8, 4) is 0 Å². The molecule has 0 aliphatic carbocycles. The zero-order valence-corrected chi connectivity index (χ0v) is 19.3. The molecule has 0 fully saturated rings. The number of carbonyl (C=O) groups excluding carboxylic acids is 1. The number of benzene rings is 2. The van der Waals surface area contributed by atoms with Gasteiger partial charge in [0, 0.05) is 37.9 Å². The number of anilines is 3. The van der Waals surface area contributed by atoms with Crippen molar-refractivity contribution in [2.24, 2.45) is 0 Å². The van der Waals surface area contributed by atoms with E-state index in [0.29, 0.717) is 5.56 Å². The Kier molecular flexibility index (Phi) is 6.51. The summed E-state index contributed by atoms with van der Waals surface area (Å²) in [5, 5.41) is 4.32. The van der Waals surface area contributed by atoms with E-state index in [0.717, 1.165) is 53.0 Å². The molecule has 1 aliphatic heterocycles. The van der Waals surface area contributed by atoms with Crippen LogP contribution < -0.4 is 15.1 Å². The average Bonchev–Trinajstić information content (AvgIpc) is 2.80. The van der Waals surface area contributed by atoms with Crippen LogP contribution >= 0.6 is 11.6 Å². The lowest BCUT2D eigenvalue weighted by molar-refractivity contribution is 0.0600. The number of rotatable bonds is 6. The van der Waals surface area contributed by atoms with Crippen molar-refractivity contribution < 1.29 is 9.53 Å². The van der Waals surface area contributed by atoms with Crippen molar-refractivity contribution in [3.63, 3.8) is 0 Å². The lowest BCUT2D eigenvalue weighted by Gasteiger charge is -2.38. The number of nitrogens with one attached hydrogen (secondary N) is 1. The van der Waals surface area contributed by atoms with Gasteiger partial charge in [-0.1, -0.05) is 35.9 Å². The van der Waals surface area contributed by atoms with Gasteiger partial charge in [0.2, 0.25) is 0 Å². The normalized spacial score (nSPS) is 14.0. The van der Waals surface area contributed by atoms with Crippen LogP contribution in [0.25, 0.3) is 0 Å². The smallest absolute Gasteiger partial charge is 0.337 e. The molecule has 0 spiro atoms. The Morgan fingerprint density at radius 3 is 2.69 bits per heavy atom. The molecule has 2 aromatic carbocycles. The van der Waals surface area contributed by atoms with Crippen LogP contribution in [0.3, 0.4) is 0 Å². The minimum Gasteiger partial charge on any atom is -0.465 e. The summed E-state index contributed by atoms with van der Waals surface area (Å²) in [5.74, 6) is 0.497. The first-order valence-corrected chi connectivity index (χ1v) is 11.0. The maximum atomic E-state index is 11.7. The molecule has 0 saturated heterocycles. The Labute approximate surface area is 193 Å². The maximum absolute atomic E-state index is 11.7. The van der Waals surface area contributed by atoms with E-state index in [1.165, 1.54) is 7.11 Å². The number of aromatic nitrogens is 1. The highest BCUT2D eigenvalue weighted by atomic mass is 35.5. The standard InChI is InChI=1S/C25H27ClN4O2/c1-17(19-7-9-20(10-8-19)25(31)32-3)28-24-23-22(11-12-27-24)29(2)13-14-30(23)16-18-5-4-6-21(26)15-18/h4-12,15,17H,13-14,16H2,1-3H3,(H,27,28). The van der Waals surface area contributed by atoms with E-state index in [-0.39, 0.29) is 12.0 Å². The lowest BCUT2D eigenvalue weighted by Crippen LogP contribution is -2.39. The fourth-order valence-corrected chi connectivity index (χ4v) is 4.21. The molecule has 7 heteroatoms. The molecule has 32 heavy (non-hydrogen) atoms. The average molecular weight is 451 g/mol. The summed E-state index contributed by atoms with van der Waals surface area (Å²) >= 11 is 6.21. The third-order valence-corrected chi connectivity index (χ3v) is 6.02. The number of pyridine rings is 1. The number of fused-ring (bicyclic) bond motifs is 1. The Morgan fingerprint density at radius 2 is 1.97 bits per heavy atom. The molecule has 0 bridgehead atoms. The molecule has 1 atom stereocenters. The van der Waals surface area contributed by atoms with Crippen LogP contribution in [-0.2, 0) is 11.3 Å². The van der Waals surface area contributed by atoms with Crippen LogP contribution in [0.4, 0.5) is 17.2 Å². The number of hydrogen-bond donors (Lipinski definition) is 1. The summed E-state index contributed by atoms with van der Waals surface area (Å²) in [5.41, 5.74) is 4.98. The number of hydrogen-bond acceptors (Lipinski definition) is 6. The molecule has 166 valence electrons. The SMILES string of the molecule is COC(=O)c1ccc(C(C)Nc2nccc3c2N(Cc2cccc(Cl)c2)CCN3C)cc1. The highest BCUT2D eigenvalue weighted by Crippen LogP contribution is 2.39. The number of esters is 1. The van der Waals surface area contributed by atoms with Gasteiger partial charge in [0.25, 0.3) is 0 Å². The first-order valence-electron chi connectivity index (χ1n) is 10.6. The largest absolute Gasteiger partial charge is 0.465 e. The highest BCUT2D eigenvalue weighted by molar-refractivity contribution is 6.30. The molecule has 0 radical (unpaired) electrons. The first kappa shape index (κ1) is 22.0. The number of carbonyl (C=O) groups is 1. The fraction of sp³-hybridized carbons (Fsp3) is 0.280. The Morgan fingerprint density at radius 1 is 1.19 bits per heavy atom. The maximum Gasteiger partial charge on any atom is 0.337 e. The Balaban J connectivity index is 1.61. The first-order chi connectivity index (χ1) is 15.5. The topological polar surface area (TPSA) is 57.7 Å². The lowest BCUT2D eigenvalue weighted by atomic mass is 10.1. The van der Waals surface area contributed by atoms with Crippen LogP contribution in [-0.4, -0.2) is 38.2 Å². The molecule has 6 nitrogen and oxygen atoms in total. The monoisotopic (exact) mass is 450 g/mol. The van der Waals surface area contributed by atoms with E-state index in [9.17, 15) is 4.79 Å². The van der Waals surface area contributed by atoms with Gasteiger partial charge in [0.1, 0.15) is 5.69 Å². The summed E-state index contributed by atoms with van der Waals surface area (Å²) in [6, 6.07) is 17.5. The zero-order valence-electron chi connectivity index (χ0n) is 18.5. The predicted octanol–water partition coefficient (Wildman–Crippen LogP) is 5.15. The molecule has 2 heterocycles. The van der Waals surface area contributed by atoms with Crippen LogP contribution in [0.15, 0.2) is 60.8 Å². The number of nitrogens with zero attached hydrogens (tertiary/aromatic N) is 3. The second-order valence-corrected chi connectivity index (χ2v) is 8.42. The van der Waals surface area contributed by atoms with E-state index in [4.69, 9.17) is 16.3 Å². The molecule has 0 saturated carbocycles. The molecule has 4 rings (SSSR count). The molecular formula is C25H27ClN4O2. The van der Waals surface area contributed by atoms with Crippen LogP contribution in [0.5, 0.6) is 0 Å². The summed E-state index contributed by atoms with van der Waals surface area (Å²) in [6.45, 7) is 4.66. The van der Waals surface area contributed by atoms with E-state index in [1.807, 2.05) is 36.5 Å². The minimum atomic E-state index is -0.337. The molecule has 3 aromatic rings. The van der Waals surface area contributed by atoms with Crippen molar-refractivity contribution in [2.45, 2.75) is 19.5 Å². The van der Waals surface area contributed by atoms with Crippen molar-refractivity contribution in [1.82, 2.24) is 4.98 Å². The van der Waals surface area contributed by atoms with E-state index in [1.54, 1.807) is 12.1 Å². The number of methoxy groups -OCH3 is 1. The minimum absolute atomic E-state index is 0.000879. The highest BCUT2D eigenvalue weighted by Gasteiger charge is 2.25. The third-order valence-electron chi connectivity index (χ3n) is 5.78. The molecule has 1 aliphatic rings. The van der Waals surface area contributed by atoms with Gasteiger partial charge in [-0.3, -0.25) is 0 Å². The molecule has 1 aromatic heterocycles. The Hall–Kier alpha value is -3.25. The summed E-state index contributed by atoms with van der Waals surface area (Å²) < 4.78 is 4.79. The molecule has 0 amide bonds. The molecular weight excluding hydrogens is 424 g/mol. The van der Waals surface area contributed by atoms with Crippen LogP contribution in [0.1, 0.15) is 34.5 Å². The Bertz CT molecular complexity index is 1100. The van der Waals surface area contributed by atoms with Crippen molar-refractivity contribution >= 4 is 34.8 Å². The van der Waals surface area contributed by atoms with Gasteiger partial charge in [-0.05, 0) is 48.4 Å². The predicted molar refractivity (Wildman–Crippen MR) is 130 cm³/mol. The number of likely N-dealkylation sites (N-methyl/N-ethyl adjacent to an activating group) is 1. The summed E-state index contributed by atoms with van der Waals surface area (Å²) in [4.78, 5) is 21.0. The number of halogens is 1. The van der Waals surface area contributed by atoms with Crippen LogP contribution in [0.2, 0.25) is 5.02 Å². The van der Waals surface area contributed by atoms with E-state index >= 15 is 0 Å². The number of ether oxygens (including phenoxy) is 1. The molecule has 1 N–H and O–H groups in total. The second-order valence-electron chi connectivity index (χ2n) is 7.98. The van der Waals surface area contributed by atoms with Crippen LogP contribution in [0, 0.1) is 0 Å². The van der Waals surface area contributed by atoms with Gasteiger partial charge in [-0.2, -0.15) is 0 Å². The summed E-state index contributed by atoms with van der Waals surface area (Å²) in [7, 11) is 3.49. The van der Waals surface area contributed by atoms with Crippen molar-refractivity contribution in [3.05, 3.63) is 82.5 Å². The van der Waals surface area contributed by atoms with E-state index < -0.39 is 0 Å². The van der Waals surface area contributed by atoms with Gasteiger partial charge in [0.15, 0.2) is 5.82 Å². The summed E-state index contributed by atoms with van der Waals surface area (Å²) in [6.07, 6.45) is 1.84. The van der Waals surface area contributed by atoms with Crippen molar-refractivity contribution in [1.29, 1.82) is 0 Å². The second kappa shape index (κ2) is 9.49. The quantitative estimate of drug-likeness (QED) is 0.524. The van der Waals surface area contributed by atoms with Crippen molar-refractivity contribution in [2.75, 3.05) is 42.4 Å².